The van der Waals surface area contributed by atoms with E-state index >= 15 is 0 Å². The van der Waals surface area contributed by atoms with E-state index < -0.39 is 10.0 Å². The third kappa shape index (κ3) is 2.76. The lowest BCUT2D eigenvalue weighted by Crippen LogP contribution is -2.38. The van der Waals surface area contributed by atoms with Crippen molar-refractivity contribution in [3.05, 3.63) is 53.6 Å². The zero-order chi connectivity index (χ0) is 17.3. The molecule has 0 aromatic heterocycles. The molecule has 0 bridgehead atoms. The van der Waals surface area contributed by atoms with E-state index in [2.05, 4.69) is 6.07 Å². The van der Waals surface area contributed by atoms with E-state index in [4.69, 9.17) is 9.47 Å². The normalized spacial score (nSPS) is 18.0. The smallest absolute Gasteiger partial charge is 0.247 e. The minimum Gasteiger partial charge on any atom is -0.497 e. The van der Waals surface area contributed by atoms with Crippen molar-refractivity contribution < 1.29 is 17.9 Å². The first-order chi connectivity index (χ1) is 11.5. The molecule has 128 valence electrons. The number of ether oxygens (including phenoxy) is 2. The fourth-order valence-corrected chi connectivity index (χ4v) is 4.94. The second-order valence-corrected chi connectivity index (χ2v) is 7.62. The number of sulfonamides is 1. The van der Waals surface area contributed by atoms with Crippen molar-refractivity contribution >= 4 is 10.0 Å². The van der Waals surface area contributed by atoms with Gasteiger partial charge in [-0.25, -0.2) is 8.42 Å². The van der Waals surface area contributed by atoms with Crippen molar-refractivity contribution in [3.63, 3.8) is 0 Å². The third-order valence-corrected chi connectivity index (χ3v) is 6.51. The topological polar surface area (TPSA) is 55.8 Å². The highest BCUT2D eigenvalue weighted by Crippen LogP contribution is 2.37. The van der Waals surface area contributed by atoms with Gasteiger partial charge < -0.3 is 9.47 Å². The molecule has 1 aliphatic rings. The van der Waals surface area contributed by atoms with Crippen LogP contribution in [-0.4, -0.2) is 33.5 Å². The maximum Gasteiger partial charge on any atom is 0.247 e. The molecule has 0 amide bonds. The van der Waals surface area contributed by atoms with E-state index in [1.165, 1.54) is 19.8 Å². The third-order valence-electron chi connectivity index (χ3n) is 4.50. The van der Waals surface area contributed by atoms with Crippen LogP contribution in [-0.2, 0) is 16.4 Å². The highest BCUT2D eigenvalue weighted by Gasteiger charge is 2.35. The van der Waals surface area contributed by atoms with Gasteiger partial charge in [0.15, 0.2) is 0 Å². The number of hydrogen-bond donors (Lipinski definition) is 0. The second kappa shape index (κ2) is 6.45. The monoisotopic (exact) mass is 347 g/mol. The predicted molar refractivity (Wildman–Crippen MR) is 92.0 cm³/mol. The van der Waals surface area contributed by atoms with Gasteiger partial charge in [0.2, 0.25) is 10.0 Å². The highest BCUT2D eigenvalue weighted by molar-refractivity contribution is 7.89. The maximum atomic E-state index is 13.2. The van der Waals surface area contributed by atoms with Crippen LogP contribution in [0.15, 0.2) is 47.4 Å². The van der Waals surface area contributed by atoms with E-state index in [-0.39, 0.29) is 10.9 Å². The van der Waals surface area contributed by atoms with Gasteiger partial charge in [0.05, 0.1) is 14.2 Å². The summed E-state index contributed by atoms with van der Waals surface area (Å²) in [5, 5.41) is 0. The minimum absolute atomic E-state index is 0.164. The SMILES string of the molecule is COc1ccc(S(=O)(=O)N2CCc3ccccc3C2C)c(OC)c1. The molecule has 0 aliphatic carbocycles. The summed E-state index contributed by atoms with van der Waals surface area (Å²) in [5.74, 6) is 0.850. The van der Waals surface area contributed by atoms with Gasteiger partial charge >= 0.3 is 0 Å². The quantitative estimate of drug-likeness (QED) is 0.853. The molecule has 2 aromatic carbocycles. The van der Waals surface area contributed by atoms with Crippen LogP contribution in [0.3, 0.4) is 0 Å². The van der Waals surface area contributed by atoms with Crippen molar-refractivity contribution in [2.45, 2.75) is 24.3 Å². The van der Waals surface area contributed by atoms with Crippen molar-refractivity contribution in [2.24, 2.45) is 0 Å². The van der Waals surface area contributed by atoms with E-state index in [1.54, 1.807) is 22.5 Å². The van der Waals surface area contributed by atoms with Gasteiger partial charge in [0, 0.05) is 18.7 Å². The Morgan fingerprint density at radius 2 is 1.83 bits per heavy atom. The zero-order valence-corrected chi connectivity index (χ0v) is 14.8. The van der Waals surface area contributed by atoms with E-state index in [0.717, 1.165) is 5.56 Å². The van der Waals surface area contributed by atoms with Crippen LogP contribution >= 0.6 is 0 Å². The van der Waals surface area contributed by atoms with Crippen molar-refractivity contribution in [1.29, 1.82) is 0 Å². The summed E-state index contributed by atoms with van der Waals surface area (Å²) in [6.07, 6.45) is 0.707. The van der Waals surface area contributed by atoms with Gasteiger partial charge in [-0.2, -0.15) is 4.31 Å². The molecular weight excluding hydrogens is 326 g/mol. The molecule has 0 fully saturated rings. The Hall–Kier alpha value is -2.05. The van der Waals surface area contributed by atoms with Crippen LogP contribution < -0.4 is 9.47 Å². The molecule has 1 heterocycles. The molecule has 1 unspecified atom stereocenters. The van der Waals surface area contributed by atoms with Crippen LogP contribution in [0.4, 0.5) is 0 Å². The molecule has 0 radical (unpaired) electrons. The van der Waals surface area contributed by atoms with Crippen molar-refractivity contribution in [1.82, 2.24) is 4.31 Å². The number of rotatable bonds is 4. The number of hydrogen-bond acceptors (Lipinski definition) is 4. The van der Waals surface area contributed by atoms with E-state index in [0.29, 0.717) is 24.5 Å². The Morgan fingerprint density at radius 1 is 1.08 bits per heavy atom. The average Bonchev–Trinajstić information content (AvgIpc) is 2.61. The van der Waals surface area contributed by atoms with Crippen LogP contribution in [0.1, 0.15) is 24.1 Å². The molecule has 0 saturated carbocycles. The number of nitrogens with zero attached hydrogens (tertiary/aromatic N) is 1. The lowest BCUT2D eigenvalue weighted by Gasteiger charge is -2.34. The van der Waals surface area contributed by atoms with Gasteiger partial charge in [0.1, 0.15) is 16.4 Å². The zero-order valence-electron chi connectivity index (χ0n) is 14.0. The number of methoxy groups -OCH3 is 2. The Bertz CT molecular complexity index is 848. The second-order valence-electron chi connectivity index (χ2n) is 5.76. The summed E-state index contributed by atoms with van der Waals surface area (Å²) < 4.78 is 38.4. The predicted octanol–water partition coefficient (Wildman–Crippen LogP) is 3.01. The Kier molecular flexibility index (Phi) is 4.51. The number of benzene rings is 2. The van der Waals surface area contributed by atoms with Gasteiger partial charge in [-0.05, 0) is 36.6 Å². The Morgan fingerprint density at radius 3 is 2.54 bits per heavy atom. The average molecular weight is 347 g/mol. The van der Waals surface area contributed by atoms with Gasteiger partial charge in [0.25, 0.3) is 0 Å². The molecule has 5 nitrogen and oxygen atoms in total. The van der Waals surface area contributed by atoms with Crippen molar-refractivity contribution in [3.8, 4) is 11.5 Å². The molecule has 0 spiro atoms. The fraction of sp³-hybridized carbons (Fsp3) is 0.333. The van der Waals surface area contributed by atoms with E-state index in [9.17, 15) is 8.42 Å². The molecule has 2 aromatic rings. The van der Waals surface area contributed by atoms with Crippen LogP contribution in [0, 0.1) is 0 Å². The fourth-order valence-electron chi connectivity index (χ4n) is 3.19. The molecular formula is C18H21NO4S. The molecule has 0 saturated heterocycles. The Balaban J connectivity index is 2.03. The first-order valence-corrected chi connectivity index (χ1v) is 9.24. The molecule has 1 atom stereocenters. The van der Waals surface area contributed by atoms with Crippen LogP contribution in [0.2, 0.25) is 0 Å². The molecule has 24 heavy (non-hydrogen) atoms. The van der Waals surface area contributed by atoms with Gasteiger partial charge in [-0.15, -0.1) is 0 Å². The molecule has 1 aliphatic heterocycles. The minimum atomic E-state index is -3.67. The summed E-state index contributed by atoms with van der Waals surface area (Å²) in [4.78, 5) is 0.164. The molecule has 0 N–H and O–H groups in total. The molecule has 6 heteroatoms. The lowest BCUT2D eigenvalue weighted by atomic mass is 9.96. The summed E-state index contributed by atoms with van der Waals surface area (Å²) in [6.45, 7) is 2.38. The van der Waals surface area contributed by atoms with Crippen LogP contribution in [0.5, 0.6) is 11.5 Å². The summed E-state index contributed by atoms with van der Waals surface area (Å²) in [5.41, 5.74) is 2.26. The maximum absolute atomic E-state index is 13.2. The summed E-state index contributed by atoms with van der Waals surface area (Å²) >= 11 is 0. The highest BCUT2D eigenvalue weighted by atomic mass is 32.2. The van der Waals surface area contributed by atoms with E-state index in [1.807, 2.05) is 25.1 Å². The van der Waals surface area contributed by atoms with Gasteiger partial charge in [-0.3, -0.25) is 0 Å². The summed E-state index contributed by atoms with van der Waals surface area (Å²) in [6, 6.07) is 12.5. The Labute approximate surface area is 142 Å². The van der Waals surface area contributed by atoms with Crippen molar-refractivity contribution in [2.75, 3.05) is 20.8 Å². The standard InChI is InChI=1S/C18H21NO4S/c1-13-16-7-5-4-6-14(16)10-11-19(13)24(20,21)18-9-8-15(22-2)12-17(18)23-3/h4-9,12-13H,10-11H2,1-3H3. The number of fused-ring (bicyclic) bond motifs is 1. The lowest BCUT2D eigenvalue weighted by molar-refractivity contribution is 0.323. The summed E-state index contributed by atoms with van der Waals surface area (Å²) in [7, 11) is -0.674. The molecule has 3 rings (SSSR count). The van der Waals surface area contributed by atoms with Gasteiger partial charge in [-0.1, -0.05) is 24.3 Å². The van der Waals surface area contributed by atoms with Crippen LogP contribution in [0.25, 0.3) is 0 Å². The first kappa shape index (κ1) is 16.8. The largest absolute Gasteiger partial charge is 0.497 e. The first-order valence-electron chi connectivity index (χ1n) is 7.80.